The molecule has 0 aromatic carbocycles. The lowest BCUT2D eigenvalue weighted by atomic mass is 9.70. The van der Waals surface area contributed by atoms with Gasteiger partial charge in [0.1, 0.15) is 11.6 Å². The minimum absolute atomic E-state index is 0.0244. The number of rotatable bonds is 10. The van der Waals surface area contributed by atoms with Crippen molar-refractivity contribution in [2.24, 2.45) is 17.3 Å². The van der Waals surface area contributed by atoms with Gasteiger partial charge in [-0.15, -0.1) is 6.58 Å². The molecule has 3 saturated heterocycles. The Kier molecular flexibility index (Phi) is 7.54. The normalized spacial score (nSPS) is 30.4. The topological polar surface area (TPSA) is 96.4 Å². The van der Waals surface area contributed by atoms with Gasteiger partial charge in [-0.2, -0.15) is 0 Å². The van der Waals surface area contributed by atoms with E-state index in [2.05, 4.69) is 27.4 Å². The molecule has 8 nitrogen and oxygen atoms in total. The second-order valence-electron chi connectivity index (χ2n) is 11.7. The van der Waals surface area contributed by atoms with E-state index < -0.39 is 41.1 Å². The Morgan fingerprint density at radius 3 is 2.56 bits per heavy atom. The van der Waals surface area contributed by atoms with Crippen LogP contribution in [0.2, 0.25) is 0 Å². The lowest BCUT2D eigenvalue weighted by Gasteiger charge is -2.45. The van der Waals surface area contributed by atoms with Crippen LogP contribution in [0.25, 0.3) is 0 Å². The van der Waals surface area contributed by atoms with Crippen molar-refractivity contribution in [3.05, 3.63) is 12.7 Å². The molecule has 2 amide bonds. The fourth-order valence-electron chi connectivity index (χ4n) is 6.73. The minimum atomic E-state index is -1.05. The van der Waals surface area contributed by atoms with Gasteiger partial charge >= 0.3 is 5.97 Å². The van der Waals surface area contributed by atoms with Gasteiger partial charge in [-0.05, 0) is 51.9 Å². The summed E-state index contributed by atoms with van der Waals surface area (Å²) in [5.41, 5.74) is -1.58. The first-order valence-electron chi connectivity index (χ1n) is 12.5. The third-order valence-electron chi connectivity index (χ3n) is 7.42. The SMILES string of the molecule is C=CCN(C(=O)[C@H]1N(CCCO)C(=O)[C@@H]2[C@@H](C(=O)OCC)[C@H]3CC[C@]21O3)C(C)(C)CC(C)(C)C. The number of nitrogens with zero attached hydrogens (tertiary/aromatic N) is 2. The average molecular weight is 479 g/mol. The maximum Gasteiger partial charge on any atom is 0.312 e. The number of aliphatic hydroxyl groups is 1. The molecule has 3 heterocycles. The summed E-state index contributed by atoms with van der Waals surface area (Å²) < 4.78 is 11.7. The maximum atomic E-state index is 14.3. The van der Waals surface area contributed by atoms with E-state index in [1.54, 1.807) is 22.8 Å². The van der Waals surface area contributed by atoms with Crippen molar-refractivity contribution in [2.45, 2.75) is 90.5 Å². The summed E-state index contributed by atoms with van der Waals surface area (Å²) in [4.78, 5) is 44.3. The molecule has 8 heteroatoms. The first-order valence-corrected chi connectivity index (χ1v) is 12.5. The number of fused-ring (bicyclic) bond motifs is 1. The van der Waals surface area contributed by atoms with E-state index in [1.807, 2.05) is 13.8 Å². The van der Waals surface area contributed by atoms with Crippen LogP contribution in [0.1, 0.15) is 67.2 Å². The first kappa shape index (κ1) is 26.7. The van der Waals surface area contributed by atoms with E-state index in [0.717, 1.165) is 6.42 Å². The van der Waals surface area contributed by atoms with Gasteiger partial charge in [0.05, 0.1) is 24.5 Å². The Morgan fingerprint density at radius 1 is 1.32 bits per heavy atom. The molecule has 3 rings (SSSR count). The third-order valence-corrected chi connectivity index (χ3v) is 7.42. The third kappa shape index (κ3) is 4.51. The number of amides is 2. The summed E-state index contributed by atoms with van der Waals surface area (Å²) in [5, 5.41) is 9.48. The van der Waals surface area contributed by atoms with Gasteiger partial charge in [-0.3, -0.25) is 14.4 Å². The summed E-state index contributed by atoms with van der Waals surface area (Å²) in [6.45, 7) is 16.8. The molecule has 1 N–H and O–H groups in total. The summed E-state index contributed by atoms with van der Waals surface area (Å²) in [6, 6.07) is -0.847. The lowest BCUT2D eigenvalue weighted by Crippen LogP contribution is -2.61. The van der Waals surface area contributed by atoms with Gasteiger partial charge < -0.3 is 24.4 Å². The van der Waals surface area contributed by atoms with Crippen molar-refractivity contribution in [3.63, 3.8) is 0 Å². The number of ether oxygens (including phenoxy) is 2. The van der Waals surface area contributed by atoms with Gasteiger partial charge in [0.2, 0.25) is 11.8 Å². The summed E-state index contributed by atoms with van der Waals surface area (Å²) in [5.74, 6) is -2.31. The molecule has 1 spiro atoms. The molecule has 0 radical (unpaired) electrons. The predicted octanol–water partition coefficient (Wildman–Crippen LogP) is 2.54. The molecular formula is C26H42N2O6. The number of carbonyl (C=O) groups is 3. The highest BCUT2D eigenvalue weighted by atomic mass is 16.6. The second-order valence-corrected chi connectivity index (χ2v) is 11.7. The van der Waals surface area contributed by atoms with Gasteiger partial charge in [-0.1, -0.05) is 26.8 Å². The Morgan fingerprint density at radius 2 is 2.00 bits per heavy atom. The van der Waals surface area contributed by atoms with Crippen molar-refractivity contribution in [2.75, 3.05) is 26.3 Å². The number of esters is 1. The van der Waals surface area contributed by atoms with Crippen molar-refractivity contribution in [1.82, 2.24) is 9.80 Å². The van der Waals surface area contributed by atoms with Crippen LogP contribution in [0.4, 0.5) is 0 Å². The quantitative estimate of drug-likeness (QED) is 0.383. The van der Waals surface area contributed by atoms with E-state index in [1.165, 1.54) is 0 Å². The Hall–Kier alpha value is -1.93. The molecule has 34 heavy (non-hydrogen) atoms. The monoisotopic (exact) mass is 478 g/mol. The smallest absolute Gasteiger partial charge is 0.312 e. The van der Waals surface area contributed by atoms with Crippen molar-refractivity contribution >= 4 is 17.8 Å². The molecule has 0 aromatic heterocycles. The summed E-state index contributed by atoms with van der Waals surface area (Å²) in [6.07, 6.45) is 3.54. The van der Waals surface area contributed by atoms with E-state index in [0.29, 0.717) is 25.8 Å². The van der Waals surface area contributed by atoms with Crippen molar-refractivity contribution < 1.29 is 29.0 Å². The molecule has 3 aliphatic heterocycles. The summed E-state index contributed by atoms with van der Waals surface area (Å²) >= 11 is 0. The Balaban J connectivity index is 2.04. The number of likely N-dealkylation sites (tertiary alicyclic amines) is 1. The zero-order chi connectivity index (χ0) is 25.5. The van der Waals surface area contributed by atoms with Gasteiger partial charge in [0.25, 0.3) is 0 Å². The van der Waals surface area contributed by atoms with Crippen LogP contribution in [0.3, 0.4) is 0 Å². The highest BCUT2D eigenvalue weighted by Gasteiger charge is 2.75. The van der Waals surface area contributed by atoms with E-state index >= 15 is 0 Å². The standard InChI is InChI=1S/C26H42N2O6/c1-8-13-28(25(6,7)16-24(3,4)5)22(31)20-26-12-11-17(34-26)18(23(32)33-9-2)19(26)21(30)27(20)14-10-15-29/h8,17-20,29H,1,9-16H2,2-7H3/t17-,18+,19+,20-,26+/m1/s1. The van der Waals surface area contributed by atoms with E-state index in [9.17, 15) is 19.5 Å². The highest BCUT2D eigenvalue weighted by Crippen LogP contribution is 2.59. The fourth-order valence-corrected chi connectivity index (χ4v) is 6.73. The molecule has 192 valence electrons. The second kappa shape index (κ2) is 9.61. The molecule has 3 aliphatic rings. The van der Waals surface area contributed by atoms with Crippen LogP contribution < -0.4 is 0 Å². The molecule has 0 aliphatic carbocycles. The predicted molar refractivity (Wildman–Crippen MR) is 128 cm³/mol. The average Bonchev–Trinajstić information content (AvgIpc) is 3.35. The Labute approximate surface area is 203 Å². The molecule has 0 saturated carbocycles. The van der Waals surface area contributed by atoms with Gasteiger partial charge in [0, 0.05) is 25.2 Å². The van der Waals surface area contributed by atoms with Gasteiger partial charge in [-0.25, -0.2) is 0 Å². The lowest BCUT2D eigenvalue weighted by molar-refractivity contribution is -0.155. The van der Waals surface area contributed by atoms with Crippen LogP contribution in [0.5, 0.6) is 0 Å². The van der Waals surface area contributed by atoms with Gasteiger partial charge in [0.15, 0.2) is 0 Å². The summed E-state index contributed by atoms with van der Waals surface area (Å²) in [7, 11) is 0. The maximum absolute atomic E-state index is 14.3. The molecular weight excluding hydrogens is 436 g/mol. The van der Waals surface area contributed by atoms with E-state index in [-0.39, 0.29) is 37.0 Å². The molecule has 5 atom stereocenters. The highest BCUT2D eigenvalue weighted by molar-refractivity contribution is 5.98. The molecule has 3 fully saturated rings. The first-order chi connectivity index (χ1) is 15.8. The number of hydrogen-bond donors (Lipinski definition) is 1. The molecule has 0 unspecified atom stereocenters. The zero-order valence-corrected chi connectivity index (χ0v) is 21.6. The van der Waals surface area contributed by atoms with Crippen molar-refractivity contribution in [3.8, 4) is 0 Å². The largest absolute Gasteiger partial charge is 0.466 e. The molecule has 0 aromatic rings. The van der Waals surface area contributed by atoms with E-state index in [4.69, 9.17) is 9.47 Å². The fraction of sp³-hybridized carbons (Fsp3) is 0.808. The zero-order valence-electron chi connectivity index (χ0n) is 21.6. The minimum Gasteiger partial charge on any atom is -0.466 e. The number of hydrogen-bond acceptors (Lipinski definition) is 6. The number of carbonyl (C=O) groups excluding carboxylic acids is 3. The molecule has 2 bridgehead atoms. The van der Waals surface area contributed by atoms with Crippen LogP contribution in [0.15, 0.2) is 12.7 Å². The number of aliphatic hydroxyl groups excluding tert-OH is 1. The van der Waals surface area contributed by atoms with Crippen LogP contribution in [0, 0.1) is 17.3 Å². The van der Waals surface area contributed by atoms with Crippen molar-refractivity contribution in [1.29, 1.82) is 0 Å². The van der Waals surface area contributed by atoms with Crippen LogP contribution >= 0.6 is 0 Å². The van der Waals surface area contributed by atoms with Crippen LogP contribution in [-0.4, -0.2) is 82.3 Å². The Bertz CT molecular complexity index is 819. The van der Waals surface area contributed by atoms with Crippen LogP contribution in [-0.2, 0) is 23.9 Å².